The SMILES string of the molecule is NC(CN1CCn2ccnc2C1)c1ccc(F)cc1. The first-order valence-corrected chi connectivity index (χ1v) is 6.46. The van der Waals surface area contributed by atoms with Crippen molar-refractivity contribution in [2.24, 2.45) is 5.73 Å². The summed E-state index contributed by atoms with van der Waals surface area (Å²) < 4.78 is 15.0. The predicted molar refractivity (Wildman–Crippen MR) is 70.8 cm³/mol. The van der Waals surface area contributed by atoms with Crippen molar-refractivity contribution in [2.45, 2.75) is 19.1 Å². The van der Waals surface area contributed by atoms with Gasteiger partial charge in [-0.05, 0) is 17.7 Å². The highest BCUT2D eigenvalue weighted by Gasteiger charge is 2.19. The number of halogens is 1. The van der Waals surface area contributed by atoms with E-state index in [-0.39, 0.29) is 11.9 Å². The minimum atomic E-state index is -0.226. The van der Waals surface area contributed by atoms with Crippen molar-refractivity contribution in [3.05, 3.63) is 53.9 Å². The van der Waals surface area contributed by atoms with Gasteiger partial charge in [0.25, 0.3) is 0 Å². The van der Waals surface area contributed by atoms with E-state index >= 15 is 0 Å². The minimum absolute atomic E-state index is 0.0953. The zero-order valence-corrected chi connectivity index (χ0v) is 10.7. The van der Waals surface area contributed by atoms with Crippen molar-refractivity contribution in [3.8, 4) is 0 Å². The van der Waals surface area contributed by atoms with E-state index < -0.39 is 0 Å². The molecule has 0 aliphatic carbocycles. The highest BCUT2D eigenvalue weighted by atomic mass is 19.1. The van der Waals surface area contributed by atoms with Gasteiger partial charge in [-0.15, -0.1) is 0 Å². The third-order valence-electron chi connectivity index (χ3n) is 3.58. The maximum absolute atomic E-state index is 12.9. The Kier molecular flexibility index (Phi) is 3.31. The molecule has 5 heteroatoms. The van der Waals surface area contributed by atoms with E-state index in [9.17, 15) is 4.39 Å². The van der Waals surface area contributed by atoms with Crippen LogP contribution >= 0.6 is 0 Å². The summed E-state index contributed by atoms with van der Waals surface area (Å²) in [6.07, 6.45) is 3.84. The number of imidazole rings is 1. The van der Waals surface area contributed by atoms with E-state index in [0.29, 0.717) is 0 Å². The topological polar surface area (TPSA) is 47.1 Å². The quantitative estimate of drug-likeness (QED) is 0.910. The minimum Gasteiger partial charge on any atom is -0.333 e. The molecule has 0 saturated carbocycles. The molecule has 0 radical (unpaired) electrons. The molecule has 1 aromatic heterocycles. The van der Waals surface area contributed by atoms with Crippen LogP contribution in [0, 0.1) is 5.82 Å². The maximum atomic E-state index is 12.9. The summed E-state index contributed by atoms with van der Waals surface area (Å²) in [4.78, 5) is 6.62. The van der Waals surface area contributed by atoms with Gasteiger partial charge in [-0.3, -0.25) is 4.90 Å². The van der Waals surface area contributed by atoms with Crippen molar-refractivity contribution < 1.29 is 4.39 Å². The monoisotopic (exact) mass is 260 g/mol. The van der Waals surface area contributed by atoms with Crippen molar-refractivity contribution in [1.29, 1.82) is 0 Å². The molecule has 0 saturated heterocycles. The summed E-state index contributed by atoms with van der Waals surface area (Å²) in [5.74, 6) is 0.855. The summed E-state index contributed by atoms with van der Waals surface area (Å²) in [6, 6.07) is 6.33. The van der Waals surface area contributed by atoms with Crippen molar-refractivity contribution in [2.75, 3.05) is 13.1 Å². The number of aromatic nitrogens is 2. The molecule has 100 valence electrons. The molecular weight excluding hydrogens is 243 g/mol. The van der Waals surface area contributed by atoms with E-state index in [1.54, 1.807) is 12.1 Å². The van der Waals surface area contributed by atoms with Crippen LogP contribution in [0.1, 0.15) is 17.4 Å². The lowest BCUT2D eigenvalue weighted by molar-refractivity contribution is 0.205. The van der Waals surface area contributed by atoms with Crippen LogP contribution in [0.25, 0.3) is 0 Å². The fraction of sp³-hybridized carbons (Fsp3) is 0.357. The zero-order valence-electron chi connectivity index (χ0n) is 10.7. The van der Waals surface area contributed by atoms with Gasteiger partial charge in [0.2, 0.25) is 0 Å². The van der Waals surface area contributed by atoms with Gasteiger partial charge in [-0.25, -0.2) is 9.37 Å². The van der Waals surface area contributed by atoms with Crippen LogP contribution in [0.2, 0.25) is 0 Å². The molecule has 0 bridgehead atoms. The van der Waals surface area contributed by atoms with E-state index in [2.05, 4.69) is 14.5 Å². The number of benzene rings is 1. The second-order valence-electron chi connectivity index (χ2n) is 4.93. The lowest BCUT2D eigenvalue weighted by Gasteiger charge is -2.29. The average molecular weight is 260 g/mol. The molecule has 1 atom stereocenters. The highest BCUT2D eigenvalue weighted by Crippen LogP contribution is 2.16. The van der Waals surface area contributed by atoms with Gasteiger partial charge >= 0.3 is 0 Å². The fourth-order valence-electron chi connectivity index (χ4n) is 2.47. The van der Waals surface area contributed by atoms with Crippen LogP contribution in [0.15, 0.2) is 36.7 Å². The zero-order chi connectivity index (χ0) is 13.2. The average Bonchev–Trinajstić information content (AvgIpc) is 2.87. The molecule has 1 unspecified atom stereocenters. The number of fused-ring (bicyclic) bond motifs is 1. The maximum Gasteiger partial charge on any atom is 0.123 e. The molecule has 4 nitrogen and oxygen atoms in total. The summed E-state index contributed by atoms with van der Waals surface area (Å²) in [7, 11) is 0. The summed E-state index contributed by atoms with van der Waals surface area (Å²) in [6.45, 7) is 3.50. The van der Waals surface area contributed by atoms with Gasteiger partial charge in [0.1, 0.15) is 11.6 Å². The number of rotatable bonds is 3. The Morgan fingerprint density at radius 2 is 2.05 bits per heavy atom. The molecule has 2 N–H and O–H groups in total. The number of nitrogens with two attached hydrogens (primary N) is 1. The number of hydrogen-bond donors (Lipinski definition) is 1. The number of nitrogens with zero attached hydrogens (tertiary/aromatic N) is 3. The lowest BCUT2D eigenvalue weighted by atomic mass is 10.1. The third kappa shape index (κ3) is 2.67. The fourth-order valence-corrected chi connectivity index (χ4v) is 2.47. The van der Waals surface area contributed by atoms with E-state index in [4.69, 9.17) is 5.73 Å². The van der Waals surface area contributed by atoms with Crippen molar-refractivity contribution in [3.63, 3.8) is 0 Å². The normalized spacial score (nSPS) is 17.2. The van der Waals surface area contributed by atoms with Crippen LogP contribution in [0.4, 0.5) is 4.39 Å². The lowest BCUT2D eigenvalue weighted by Crippen LogP contribution is -2.38. The van der Waals surface area contributed by atoms with E-state index in [1.165, 1.54) is 12.1 Å². The molecular formula is C14H17FN4. The third-order valence-corrected chi connectivity index (χ3v) is 3.58. The van der Waals surface area contributed by atoms with Crippen LogP contribution < -0.4 is 5.73 Å². The Balaban J connectivity index is 1.64. The number of hydrogen-bond acceptors (Lipinski definition) is 3. The smallest absolute Gasteiger partial charge is 0.123 e. The van der Waals surface area contributed by atoms with Gasteiger partial charge in [-0.1, -0.05) is 12.1 Å². The Morgan fingerprint density at radius 1 is 1.26 bits per heavy atom. The van der Waals surface area contributed by atoms with Gasteiger partial charge in [0, 0.05) is 38.1 Å². The summed E-state index contributed by atoms with van der Waals surface area (Å²) in [5.41, 5.74) is 7.15. The molecule has 0 spiro atoms. The van der Waals surface area contributed by atoms with Gasteiger partial charge in [-0.2, -0.15) is 0 Å². The Labute approximate surface area is 111 Å². The molecule has 0 amide bonds. The van der Waals surface area contributed by atoms with Crippen LogP contribution in [-0.4, -0.2) is 27.5 Å². The molecule has 2 aromatic rings. The van der Waals surface area contributed by atoms with Crippen LogP contribution in [0.3, 0.4) is 0 Å². The van der Waals surface area contributed by atoms with Crippen LogP contribution in [-0.2, 0) is 13.1 Å². The summed E-state index contributed by atoms with van der Waals surface area (Å²) in [5, 5.41) is 0. The highest BCUT2D eigenvalue weighted by molar-refractivity contribution is 5.19. The predicted octanol–water partition coefficient (Wildman–Crippen LogP) is 1.54. The first kappa shape index (κ1) is 12.3. The van der Waals surface area contributed by atoms with Gasteiger partial charge < -0.3 is 10.3 Å². The van der Waals surface area contributed by atoms with E-state index in [1.807, 2.05) is 12.4 Å². The van der Waals surface area contributed by atoms with Gasteiger partial charge in [0.15, 0.2) is 0 Å². The molecule has 1 aliphatic heterocycles. The molecule has 0 fully saturated rings. The van der Waals surface area contributed by atoms with Crippen molar-refractivity contribution >= 4 is 0 Å². The molecule has 1 aromatic carbocycles. The Hall–Kier alpha value is -1.72. The van der Waals surface area contributed by atoms with E-state index in [0.717, 1.165) is 37.6 Å². The first-order chi connectivity index (χ1) is 9.22. The molecule has 3 rings (SSSR count). The Morgan fingerprint density at radius 3 is 2.84 bits per heavy atom. The van der Waals surface area contributed by atoms with Crippen LogP contribution in [0.5, 0.6) is 0 Å². The standard InChI is InChI=1S/C14H17FN4/c15-12-3-1-11(2-4-12)13(16)9-18-7-8-19-6-5-17-14(19)10-18/h1-6,13H,7-10,16H2. The molecule has 2 heterocycles. The second-order valence-corrected chi connectivity index (χ2v) is 4.93. The Bertz CT molecular complexity index is 549. The van der Waals surface area contributed by atoms with Crippen molar-refractivity contribution in [1.82, 2.24) is 14.5 Å². The molecule has 19 heavy (non-hydrogen) atoms. The second kappa shape index (κ2) is 5.11. The first-order valence-electron chi connectivity index (χ1n) is 6.46. The van der Waals surface area contributed by atoms with Gasteiger partial charge in [0.05, 0.1) is 6.54 Å². The summed E-state index contributed by atoms with van der Waals surface area (Å²) >= 11 is 0. The molecule has 1 aliphatic rings. The largest absolute Gasteiger partial charge is 0.333 e.